The maximum absolute atomic E-state index is 13.3. The maximum Gasteiger partial charge on any atom is 0.261 e. The molecular formula is C26H27FN4O2. The Labute approximate surface area is 192 Å². The standard InChI is InChI=1S/C26H27FN4O2/c1-17-22(16-28-30(17)2)24(32)31-14-3-5-18-15-19(6-11-23(18)31)26(12-4-13-26)25(33)29-21-9-7-20(27)8-10-21/h6-11,15-16H,3-5,12-14H2,1-2H3,(H,29,33). The number of hydrogen-bond acceptors (Lipinski definition) is 3. The van der Waals surface area contributed by atoms with E-state index < -0.39 is 5.41 Å². The molecule has 3 aromatic rings. The van der Waals surface area contributed by atoms with Crippen molar-refractivity contribution in [3.8, 4) is 0 Å². The van der Waals surface area contributed by atoms with Crippen molar-refractivity contribution in [1.82, 2.24) is 9.78 Å². The van der Waals surface area contributed by atoms with Crippen LogP contribution in [0.2, 0.25) is 0 Å². The predicted octanol–water partition coefficient (Wildman–Crippen LogP) is 4.52. The van der Waals surface area contributed by atoms with Crippen LogP contribution in [0.3, 0.4) is 0 Å². The van der Waals surface area contributed by atoms with Gasteiger partial charge in [-0.05, 0) is 74.1 Å². The lowest BCUT2D eigenvalue weighted by atomic mass is 9.63. The van der Waals surface area contributed by atoms with Crippen molar-refractivity contribution in [2.24, 2.45) is 7.05 Å². The third-order valence-electron chi connectivity index (χ3n) is 7.21. The number of aromatic nitrogens is 2. The first-order valence-corrected chi connectivity index (χ1v) is 11.4. The number of fused-ring (bicyclic) bond motifs is 1. The second-order valence-corrected chi connectivity index (χ2v) is 9.07. The number of anilines is 2. The summed E-state index contributed by atoms with van der Waals surface area (Å²) in [6.45, 7) is 2.56. The molecule has 1 aromatic heterocycles. The molecule has 7 heteroatoms. The lowest BCUT2D eigenvalue weighted by Crippen LogP contribution is -2.46. The lowest BCUT2D eigenvalue weighted by Gasteiger charge is -2.41. The van der Waals surface area contributed by atoms with Crippen molar-refractivity contribution >= 4 is 23.2 Å². The Morgan fingerprint density at radius 1 is 1.09 bits per heavy atom. The van der Waals surface area contributed by atoms with Crippen LogP contribution in [-0.2, 0) is 23.7 Å². The molecular weight excluding hydrogens is 419 g/mol. The van der Waals surface area contributed by atoms with Crippen LogP contribution >= 0.6 is 0 Å². The van der Waals surface area contributed by atoms with Gasteiger partial charge in [0, 0.05) is 30.7 Å². The van der Waals surface area contributed by atoms with E-state index in [4.69, 9.17) is 0 Å². The van der Waals surface area contributed by atoms with Gasteiger partial charge in [0.15, 0.2) is 0 Å². The summed E-state index contributed by atoms with van der Waals surface area (Å²) in [5.41, 5.74) is 4.45. The predicted molar refractivity (Wildman–Crippen MR) is 125 cm³/mol. The van der Waals surface area contributed by atoms with Crippen molar-refractivity contribution < 1.29 is 14.0 Å². The van der Waals surface area contributed by atoms with Gasteiger partial charge in [-0.15, -0.1) is 0 Å². The molecule has 2 aromatic carbocycles. The van der Waals surface area contributed by atoms with Gasteiger partial charge in [0.2, 0.25) is 5.91 Å². The number of aryl methyl sites for hydroxylation is 2. The molecule has 1 fully saturated rings. The minimum atomic E-state index is -0.588. The van der Waals surface area contributed by atoms with Crippen LogP contribution in [0, 0.1) is 12.7 Å². The molecule has 1 aliphatic carbocycles. The minimum Gasteiger partial charge on any atom is -0.325 e. The summed E-state index contributed by atoms with van der Waals surface area (Å²) in [5.74, 6) is -0.432. The van der Waals surface area contributed by atoms with Crippen molar-refractivity contribution in [2.45, 2.75) is 44.4 Å². The smallest absolute Gasteiger partial charge is 0.261 e. The fourth-order valence-corrected chi connectivity index (χ4v) is 4.92. The van der Waals surface area contributed by atoms with Crippen LogP contribution < -0.4 is 10.2 Å². The highest BCUT2D eigenvalue weighted by Gasteiger charge is 2.46. The van der Waals surface area contributed by atoms with Gasteiger partial charge in [0.25, 0.3) is 5.91 Å². The molecule has 0 bridgehead atoms. The molecule has 33 heavy (non-hydrogen) atoms. The molecule has 6 nitrogen and oxygen atoms in total. The van der Waals surface area contributed by atoms with E-state index in [9.17, 15) is 14.0 Å². The Kier molecular flexibility index (Phi) is 5.27. The average Bonchev–Trinajstić information content (AvgIpc) is 3.12. The van der Waals surface area contributed by atoms with Gasteiger partial charge >= 0.3 is 0 Å². The van der Waals surface area contributed by atoms with Crippen molar-refractivity contribution in [2.75, 3.05) is 16.8 Å². The van der Waals surface area contributed by atoms with E-state index in [2.05, 4.69) is 16.5 Å². The van der Waals surface area contributed by atoms with E-state index in [1.807, 2.05) is 31.0 Å². The fraction of sp³-hybridized carbons (Fsp3) is 0.346. The summed E-state index contributed by atoms with van der Waals surface area (Å²) in [5, 5.41) is 7.18. The zero-order valence-corrected chi connectivity index (χ0v) is 18.9. The number of nitrogens with one attached hydrogen (secondary N) is 1. The minimum absolute atomic E-state index is 0.0401. The number of benzene rings is 2. The van der Waals surface area contributed by atoms with Crippen LogP contribution in [-0.4, -0.2) is 28.1 Å². The van der Waals surface area contributed by atoms with Gasteiger partial charge in [-0.3, -0.25) is 14.3 Å². The average molecular weight is 447 g/mol. The Hall–Kier alpha value is -3.48. The third kappa shape index (κ3) is 3.61. The highest BCUT2D eigenvalue weighted by Crippen LogP contribution is 2.46. The summed E-state index contributed by atoms with van der Waals surface area (Å²) in [6.07, 6.45) is 5.90. The van der Waals surface area contributed by atoms with Gasteiger partial charge in [0.1, 0.15) is 5.82 Å². The second kappa shape index (κ2) is 8.14. The molecule has 5 rings (SSSR count). The highest BCUT2D eigenvalue weighted by molar-refractivity contribution is 6.07. The van der Waals surface area contributed by atoms with Gasteiger partial charge in [-0.1, -0.05) is 18.6 Å². The van der Waals surface area contributed by atoms with Crippen molar-refractivity contribution in [3.05, 3.63) is 76.9 Å². The Morgan fingerprint density at radius 3 is 2.48 bits per heavy atom. The largest absolute Gasteiger partial charge is 0.325 e. The first-order chi connectivity index (χ1) is 15.9. The number of amides is 2. The molecule has 1 aliphatic heterocycles. The quantitative estimate of drug-likeness (QED) is 0.641. The second-order valence-electron chi connectivity index (χ2n) is 9.07. The number of rotatable bonds is 4. The fourth-order valence-electron chi connectivity index (χ4n) is 4.92. The summed E-state index contributed by atoms with van der Waals surface area (Å²) < 4.78 is 14.9. The zero-order valence-electron chi connectivity index (χ0n) is 18.9. The number of nitrogens with zero attached hydrogens (tertiary/aromatic N) is 3. The van der Waals surface area contributed by atoms with E-state index in [1.54, 1.807) is 23.0 Å². The molecule has 1 saturated carbocycles. The number of hydrogen-bond donors (Lipinski definition) is 1. The monoisotopic (exact) mass is 446 g/mol. The number of halogens is 1. The van der Waals surface area contributed by atoms with E-state index in [1.165, 1.54) is 12.1 Å². The topological polar surface area (TPSA) is 67.2 Å². The molecule has 0 atom stereocenters. The Bertz CT molecular complexity index is 1230. The summed E-state index contributed by atoms with van der Waals surface area (Å²) in [4.78, 5) is 28.4. The van der Waals surface area contributed by atoms with Crippen LogP contribution in [0.5, 0.6) is 0 Å². The van der Waals surface area contributed by atoms with Crippen molar-refractivity contribution in [1.29, 1.82) is 0 Å². The van der Waals surface area contributed by atoms with Crippen LogP contribution in [0.15, 0.2) is 48.7 Å². The Morgan fingerprint density at radius 2 is 1.85 bits per heavy atom. The van der Waals surface area contributed by atoms with Crippen molar-refractivity contribution in [3.63, 3.8) is 0 Å². The number of carbonyl (C=O) groups is 2. The van der Waals surface area contributed by atoms with E-state index >= 15 is 0 Å². The molecule has 0 saturated heterocycles. The molecule has 2 heterocycles. The third-order valence-corrected chi connectivity index (χ3v) is 7.21. The molecule has 2 amide bonds. The first kappa shape index (κ1) is 21.4. The van der Waals surface area contributed by atoms with Crippen LogP contribution in [0.1, 0.15) is 52.9 Å². The van der Waals surface area contributed by atoms with Gasteiger partial charge < -0.3 is 10.2 Å². The zero-order chi connectivity index (χ0) is 23.2. The van der Waals surface area contributed by atoms with Gasteiger partial charge in [-0.25, -0.2) is 4.39 Å². The summed E-state index contributed by atoms with van der Waals surface area (Å²) in [7, 11) is 1.83. The van der Waals surface area contributed by atoms with Crippen LogP contribution in [0.25, 0.3) is 0 Å². The molecule has 1 N–H and O–H groups in total. The van der Waals surface area contributed by atoms with Crippen LogP contribution in [0.4, 0.5) is 15.8 Å². The van der Waals surface area contributed by atoms with E-state index in [0.717, 1.165) is 54.6 Å². The molecule has 0 radical (unpaired) electrons. The molecule has 2 aliphatic rings. The Balaban J connectivity index is 1.43. The number of carbonyl (C=O) groups excluding carboxylic acids is 2. The summed E-state index contributed by atoms with van der Waals surface area (Å²) in [6, 6.07) is 11.9. The van der Waals surface area contributed by atoms with E-state index in [0.29, 0.717) is 17.8 Å². The summed E-state index contributed by atoms with van der Waals surface area (Å²) >= 11 is 0. The normalized spacial score (nSPS) is 16.6. The molecule has 170 valence electrons. The van der Waals surface area contributed by atoms with E-state index in [-0.39, 0.29) is 17.6 Å². The first-order valence-electron chi connectivity index (χ1n) is 11.4. The highest BCUT2D eigenvalue weighted by atomic mass is 19.1. The molecule has 0 unspecified atom stereocenters. The maximum atomic E-state index is 13.3. The van der Waals surface area contributed by atoms with Gasteiger partial charge in [-0.2, -0.15) is 5.10 Å². The van der Waals surface area contributed by atoms with Gasteiger partial charge in [0.05, 0.1) is 17.2 Å². The molecule has 0 spiro atoms. The SMILES string of the molecule is Cc1c(C(=O)N2CCCc3cc(C4(C(=O)Nc5ccc(F)cc5)CCC4)ccc32)cnn1C. The lowest BCUT2D eigenvalue weighted by molar-refractivity contribution is -0.124.